The van der Waals surface area contributed by atoms with Crippen LogP contribution in [0.1, 0.15) is 65.5 Å². The Morgan fingerprint density at radius 2 is 1.63 bits per heavy atom. The van der Waals surface area contributed by atoms with Gasteiger partial charge in [-0.3, -0.25) is 14.6 Å². The molecular weight excluding hydrogens is 495 g/mol. The van der Waals surface area contributed by atoms with Crippen molar-refractivity contribution in [2.24, 2.45) is 5.92 Å². The third-order valence-electron chi connectivity index (χ3n) is 6.11. The molecule has 0 aliphatic rings. The summed E-state index contributed by atoms with van der Waals surface area (Å²) >= 11 is 0. The number of aryl methyl sites for hydroxylation is 2. The molecule has 6 nitrogen and oxygen atoms in total. The predicted molar refractivity (Wildman–Crippen MR) is 141 cm³/mol. The minimum atomic E-state index is -4.38. The van der Waals surface area contributed by atoms with Crippen LogP contribution < -0.4 is 10.6 Å². The standard InChI is InChI=1S/C29H32F3N3O3/c1-17(2)13-25(24-10-7-21(16-34-24)28(38)33-12-11-26(36)37)35-23-14-18(3)27(19(4)15-23)20-5-8-22(9-6-20)29(30,31)32/h5-10,14-17,25,35H,11-13H2,1-4H3,(H,33,38)(H,36,37)/t25-/m0/s1. The normalized spacial score (nSPS) is 12.3. The van der Waals surface area contributed by atoms with Gasteiger partial charge in [-0.2, -0.15) is 13.2 Å². The van der Waals surface area contributed by atoms with Crippen LogP contribution in [-0.2, 0) is 11.0 Å². The summed E-state index contributed by atoms with van der Waals surface area (Å²) in [6.45, 7) is 8.10. The molecule has 1 aromatic heterocycles. The van der Waals surface area contributed by atoms with E-state index in [9.17, 15) is 22.8 Å². The first kappa shape index (κ1) is 28.7. The van der Waals surface area contributed by atoms with Crippen molar-refractivity contribution in [3.63, 3.8) is 0 Å². The van der Waals surface area contributed by atoms with E-state index in [0.29, 0.717) is 11.5 Å². The second kappa shape index (κ2) is 12.1. The van der Waals surface area contributed by atoms with Gasteiger partial charge >= 0.3 is 12.1 Å². The monoisotopic (exact) mass is 527 g/mol. The van der Waals surface area contributed by atoms with Crippen LogP contribution in [0.5, 0.6) is 0 Å². The molecule has 1 atom stereocenters. The molecule has 3 aromatic rings. The Hall–Kier alpha value is -3.88. The van der Waals surface area contributed by atoms with Crippen molar-refractivity contribution in [2.45, 2.75) is 52.8 Å². The number of nitrogens with zero attached hydrogens (tertiary/aromatic N) is 1. The van der Waals surface area contributed by atoms with E-state index in [1.807, 2.05) is 26.0 Å². The van der Waals surface area contributed by atoms with Crippen LogP contribution in [0.4, 0.5) is 18.9 Å². The number of aliphatic carboxylic acids is 1. The molecule has 9 heteroatoms. The molecule has 202 valence electrons. The zero-order valence-corrected chi connectivity index (χ0v) is 21.8. The maximum atomic E-state index is 13.0. The number of carboxylic acid groups (broad SMARTS) is 1. The van der Waals surface area contributed by atoms with Crippen LogP contribution in [0.25, 0.3) is 11.1 Å². The molecule has 1 heterocycles. The molecule has 0 aliphatic carbocycles. The fraction of sp³-hybridized carbons (Fsp3) is 0.345. The van der Waals surface area contributed by atoms with E-state index in [2.05, 4.69) is 29.5 Å². The van der Waals surface area contributed by atoms with Crippen LogP contribution >= 0.6 is 0 Å². The van der Waals surface area contributed by atoms with Crippen LogP contribution in [0.15, 0.2) is 54.7 Å². The number of amides is 1. The second-order valence-corrected chi connectivity index (χ2v) is 9.76. The number of carbonyl (C=O) groups is 2. The highest BCUT2D eigenvalue weighted by molar-refractivity contribution is 5.94. The van der Waals surface area contributed by atoms with Gasteiger partial charge in [0.25, 0.3) is 5.91 Å². The Morgan fingerprint density at radius 3 is 2.13 bits per heavy atom. The van der Waals surface area contributed by atoms with Crippen molar-refractivity contribution >= 4 is 17.6 Å². The maximum Gasteiger partial charge on any atom is 0.416 e. The third kappa shape index (κ3) is 7.57. The smallest absolute Gasteiger partial charge is 0.416 e. The van der Waals surface area contributed by atoms with Gasteiger partial charge in [-0.1, -0.05) is 26.0 Å². The van der Waals surface area contributed by atoms with Gasteiger partial charge in [0.1, 0.15) is 0 Å². The molecule has 0 saturated carbocycles. The Bertz CT molecular complexity index is 1250. The first-order valence-electron chi connectivity index (χ1n) is 12.4. The fourth-order valence-electron chi connectivity index (χ4n) is 4.39. The van der Waals surface area contributed by atoms with E-state index in [-0.39, 0.29) is 24.9 Å². The Kier molecular flexibility index (Phi) is 9.14. The number of pyridine rings is 1. The molecule has 2 aromatic carbocycles. The SMILES string of the molecule is Cc1cc(N[C@@H](CC(C)C)c2ccc(C(=O)NCCC(=O)O)cn2)cc(C)c1-c1ccc(C(F)(F)F)cc1. The van der Waals surface area contributed by atoms with E-state index in [1.54, 1.807) is 12.1 Å². The number of nitrogens with one attached hydrogen (secondary N) is 2. The van der Waals surface area contributed by atoms with Crippen molar-refractivity contribution in [1.82, 2.24) is 10.3 Å². The molecule has 0 fully saturated rings. The lowest BCUT2D eigenvalue weighted by atomic mass is 9.93. The molecule has 3 N–H and O–H groups in total. The van der Waals surface area contributed by atoms with Crippen LogP contribution in [-0.4, -0.2) is 28.5 Å². The summed E-state index contributed by atoms with van der Waals surface area (Å²) in [5.74, 6) is -1.02. The minimum absolute atomic E-state index is 0.0363. The lowest BCUT2D eigenvalue weighted by Gasteiger charge is -2.23. The fourth-order valence-corrected chi connectivity index (χ4v) is 4.39. The molecule has 3 rings (SSSR count). The predicted octanol–water partition coefficient (Wildman–Crippen LogP) is 6.79. The van der Waals surface area contributed by atoms with Crippen molar-refractivity contribution in [2.75, 3.05) is 11.9 Å². The minimum Gasteiger partial charge on any atom is -0.481 e. The van der Waals surface area contributed by atoms with Crippen LogP contribution in [0.3, 0.4) is 0 Å². The highest BCUT2D eigenvalue weighted by Gasteiger charge is 2.30. The molecule has 0 unspecified atom stereocenters. The summed E-state index contributed by atoms with van der Waals surface area (Å²) in [6.07, 6.45) is -2.28. The average molecular weight is 528 g/mol. The zero-order valence-electron chi connectivity index (χ0n) is 21.8. The summed E-state index contributed by atoms with van der Waals surface area (Å²) in [7, 11) is 0. The number of anilines is 1. The van der Waals surface area contributed by atoms with Crippen LogP contribution in [0.2, 0.25) is 0 Å². The molecule has 0 saturated heterocycles. The number of aromatic nitrogens is 1. The number of hydrogen-bond acceptors (Lipinski definition) is 4. The van der Waals surface area contributed by atoms with E-state index in [4.69, 9.17) is 5.11 Å². The largest absolute Gasteiger partial charge is 0.481 e. The van der Waals surface area contributed by atoms with Gasteiger partial charge in [0, 0.05) is 18.4 Å². The van der Waals surface area contributed by atoms with Crippen LogP contribution in [0, 0.1) is 19.8 Å². The van der Waals surface area contributed by atoms with Gasteiger partial charge in [-0.05, 0) is 84.8 Å². The quantitative estimate of drug-likeness (QED) is 0.270. The molecule has 38 heavy (non-hydrogen) atoms. The topological polar surface area (TPSA) is 91.3 Å². The Morgan fingerprint density at radius 1 is 1.00 bits per heavy atom. The Balaban J connectivity index is 1.80. The first-order valence-corrected chi connectivity index (χ1v) is 12.4. The Labute approximate surface area is 220 Å². The number of rotatable bonds is 10. The number of hydrogen-bond donors (Lipinski definition) is 3. The average Bonchev–Trinajstić information content (AvgIpc) is 2.82. The number of alkyl halides is 3. The van der Waals surface area contributed by atoms with E-state index in [0.717, 1.165) is 52.2 Å². The van der Waals surface area contributed by atoms with Crippen molar-refractivity contribution in [3.05, 3.63) is 82.7 Å². The molecule has 0 aliphatic heterocycles. The molecular formula is C29H32F3N3O3. The van der Waals surface area contributed by atoms with Gasteiger partial charge in [0.05, 0.1) is 29.3 Å². The highest BCUT2D eigenvalue weighted by atomic mass is 19.4. The molecule has 0 bridgehead atoms. The molecule has 1 amide bonds. The summed E-state index contributed by atoms with van der Waals surface area (Å²) in [4.78, 5) is 27.4. The van der Waals surface area contributed by atoms with Crippen molar-refractivity contribution in [3.8, 4) is 11.1 Å². The van der Waals surface area contributed by atoms with Crippen molar-refractivity contribution < 1.29 is 27.9 Å². The van der Waals surface area contributed by atoms with Gasteiger partial charge in [0.2, 0.25) is 0 Å². The first-order chi connectivity index (χ1) is 17.8. The second-order valence-electron chi connectivity index (χ2n) is 9.76. The van der Waals surface area contributed by atoms with Gasteiger partial charge in [0.15, 0.2) is 0 Å². The summed E-state index contributed by atoms with van der Waals surface area (Å²) < 4.78 is 38.9. The number of carbonyl (C=O) groups excluding carboxylic acids is 1. The summed E-state index contributed by atoms with van der Waals surface area (Å²) in [5.41, 5.74) is 4.74. The van der Waals surface area contributed by atoms with E-state index in [1.165, 1.54) is 18.3 Å². The van der Waals surface area contributed by atoms with Crippen molar-refractivity contribution in [1.29, 1.82) is 0 Å². The maximum absolute atomic E-state index is 13.0. The van der Waals surface area contributed by atoms with Gasteiger partial charge < -0.3 is 15.7 Å². The summed E-state index contributed by atoms with van der Waals surface area (Å²) in [5, 5.41) is 14.8. The zero-order chi connectivity index (χ0) is 28.0. The summed E-state index contributed by atoms with van der Waals surface area (Å²) in [6, 6.07) is 12.4. The lowest BCUT2D eigenvalue weighted by Crippen LogP contribution is -2.26. The van der Waals surface area contributed by atoms with Gasteiger partial charge in [-0.15, -0.1) is 0 Å². The number of benzene rings is 2. The van der Waals surface area contributed by atoms with Gasteiger partial charge in [-0.25, -0.2) is 0 Å². The number of halogens is 3. The van der Waals surface area contributed by atoms with E-state index < -0.39 is 17.7 Å². The highest BCUT2D eigenvalue weighted by Crippen LogP contribution is 2.35. The third-order valence-corrected chi connectivity index (χ3v) is 6.11. The molecule has 0 spiro atoms. The molecule has 0 radical (unpaired) electrons. The number of carboxylic acids is 1. The van der Waals surface area contributed by atoms with E-state index >= 15 is 0 Å². The lowest BCUT2D eigenvalue weighted by molar-refractivity contribution is -0.138.